The minimum Gasteiger partial charge on any atom is -0.296 e. The van der Waals surface area contributed by atoms with Crippen LogP contribution >= 0.6 is 0 Å². The second-order valence-corrected chi connectivity index (χ2v) is 2.17. The molecule has 1 fully saturated rings. The maximum absolute atomic E-state index is 9.93. The van der Waals surface area contributed by atoms with E-state index < -0.39 is 0 Å². The Kier molecular flexibility index (Phi) is 2.97. The Bertz CT molecular complexity index is 71.5. The van der Waals surface area contributed by atoms with Gasteiger partial charge in [0, 0.05) is 13.1 Å². The number of rotatable bonds is 3. The van der Waals surface area contributed by atoms with E-state index in [2.05, 4.69) is 0 Å². The SMILES string of the molecule is [O]CCON1CCCC1. The molecule has 0 amide bonds. The highest BCUT2D eigenvalue weighted by molar-refractivity contribution is 4.56. The summed E-state index contributed by atoms with van der Waals surface area (Å²) in [6, 6.07) is 0. The first-order chi connectivity index (χ1) is 4.43. The average Bonchev–Trinajstić information content (AvgIpc) is 2.34. The molecule has 0 aromatic heterocycles. The van der Waals surface area contributed by atoms with Crippen molar-refractivity contribution >= 4 is 0 Å². The van der Waals surface area contributed by atoms with Crippen molar-refractivity contribution in [1.82, 2.24) is 5.06 Å². The zero-order chi connectivity index (χ0) is 6.53. The minimum atomic E-state index is -0.128. The van der Waals surface area contributed by atoms with Crippen molar-refractivity contribution < 1.29 is 9.94 Å². The monoisotopic (exact) mass is 130 g/mol. The zero-order valence-corrected chi connectivity index (χ0v) is 5.51. The molecule has 1 rings (SSSR count). The molecule has 1 aliphatic heterocycles. The summed E-state index contributed by atoms with van der Waals surface area (Å²) in [5.41, 5.74) is 0. The van der Waals surface area contributed by atoms with Gasteiger partial charge in [-0.2, -0.15) is 5.06 Å². The van der Waals surface area contributed by atoms with Crippen LogP contribution in [0.1, 0.15) is 12.8 Å². The lowest BCUT2D eigenvalue weighted by molar-refractivity contribution is -0.154. The third-order valence-electron chi connectivity index (χ3n) is 1.42. The molecule has 1 radical (unpaired) electrons. The molecule has 0 unspecified atom stereocenters. The Morgan fingerprint density at radius 1 is 1.33 bits per heavy atom. The topological polar surface area (TPSA) is 32.4 Å². The first kappa shape index (κ1) is 6.99. The summed E-state index contributed by atoms with van der Waals surface area (Å²) < 4.78 is 0. The predicted molar refractivity (Wildman–Crippen MR) is 32.3 cm³/mol. The zero-order valence-electron chi connectivity index (χ0n) is 5.51. The summed E-state index contributed by atoms with van der Waals surface area (Å²) in [5, 5.41) is 11.8. The quantitative estimate of drug-likeness (QED) is 0.555. The first-order valence-corrected chi connectivity index (χ1v) is 3.39. The van der Waals surface area contributed by atoms with Crippen LogP contribution in [0, 0.1) is 0 Å². The van der Waals surface area contributed by atoms with Gasteiger partial charge in [-0.1, -0.05) is 0 Å². The molecule has 9 heavy (non-hydrogen) atoms. The second kappa shape index (κ2) is 3.82. The molecule has 53 valence electrons. The van der Waals surface area contributed by atoms with Gasteiger partial charge in [0.25, 0.3) is 0 Å². The second-order valence-electron chi connectivity index (χ2n) is 2.17. The molecule has 0 aliphatic carbocycles. The molecule has 1 aliphatic rings. The van der Waals surface area contributed by atoms with Crippen LogP contribution in [-0.2, 0) is 9.94 Å². The van der Waals surface area contributed by atoms with E-state index in [1.165, 1.54) is 12.8 Å². The van der Waals surface area contributed by atoms with Gasteiger partial charge < -0.3 is 0 Å². The maximum atomic E-state index is 9.93. The van der Waals surface area contributed by atoms with Crippen molar-refractivity contribution in [2.45, 2.75) is 12.8 Å². The van der Waals surface area contributed by atoms with Crippen molar-refractivity contribution in [3.63, 3.8) is 0 Å². The van der Waals surface area contributed by atoms with E-state index in [9.17, 15) is 5.11 Å². The first-order valence-electron chi connectivity index (χ1n) is 3.39. The lowest BCUT2D eigenvalue weighted by Crippen LogP contribution is -2.21. The molecular formula is C6H12NO2. The summed E-state index contributed by atoms with van der Waals surface area (Å²) >= 11 is 0. The van der Waals surface area contributed by atoms with Crippen LogP contribution in [0.3, 0.4) is 0 Å². The van der Waals surface area contributed by atoms with Gasteiger partial charge in [0.2, 0.25) is 0 Å². The van der Waals surface area contributed by atoms with Crippen molar-refractivity contribution in [3.8, 4) is 0 Å². The van der Waals surface area contributed by atoms with Gasteiger partial charge in [-0.15, -0.1) is 0 Å². The Labute approximate surface area is 55.2 Å². The van der Waals surface area contributed by atoms with Gasteiger partial charge in [0.05, 0.1) is 6.61 Å². The molecule has 0 spiro atoms. The van der Waals surface area contributed by atoms with Crippen LogP contribution in [0.25, 0.3) is 0 Å². The van der Waals surface area contributed by atoms with Crippen molar-refractivity contribution in [2.24, 2.45) is 0 Å². The molecule has 0 N–H and O–H groups in total. The third kappa shape index (κ3) is 2.30. The van der Waals surface area contributed by atoms with Crippen molar-refractivity contribution in [1.29, 1.82) is 0 Å². The molecular weight excluding hydrogens is 118 g/mol. The lowest BCUT2D eigenvalue weighted by atomic mass is 10.4. The molecule has 0 aromatic carbocycles. The molecule has 3 nitrogen and oxygen atoms in total. The van der Waals surface area contributed by atoms with Gasteiger partial charge >= 0.3 is 0 Å². The fourth-order valence-electron chi connectivity index (χ4n) is 0.984. The molecule has 3 heteroatoms. The van der Waals surface area contributed by atoms with Crippen molar-refractivity contribution in [3.05, 3.63) is 0 Å². The van der Waals surface area contributed by atoms with E-state index in [4.69, 9.17) is 4.84 Å². The van der Waals surface area contributed by atoms with Crippen LogP contribution in [-0.4, -0.2) is 31.4 Å². The average molecular weight is 130 g/mol. The lowest BCUT2D eigenvalue weighted by Gasteiger charge is -2.12. The highest BCUT2D eigenvalue weighted by Crippen LogP contribution is 2.06. The number of hydroxylamine groups is 2. The van der Waals surface area contributed by atoms with Crippen LogP contribution in [0.2, 0.25) is 0 Å². The van der Waals surface area contributed by atoms with Gasteiger partial charge in [-0.05, 0) is 12.8 Å². The Hall–Kier alpha value is -0.120. The van der Waals surface area contributed by atoms with E-state index in [0.29, 0.717) is 6.61 Å². The summed E-state index contributed by atoms with van der Waals surface area (Å²) in [6.07, 6.45) is 2.41. The molecule has 0 saturated carbocycles. The number of hydrogen-bond acceptors (Lipinski definition) is 2. The summed E-state index contributed by atoms with van der Waals surface area (Å²) in [4.78, 5) is 5.07. The van der Waals surface area contributed by atoms with E-state index in [-0.39, 0.29) is 6.61 Å². The summed E-state index contributed by atoms with van der Waals surface area (Å²) in [6.45, 7) is 2.20. The van der Waals surface area contributed by atoms with Gasteiger partial charge in [-0.25, -0.2) is 5.11 Å². The fourth-order valence-corrected chi connectivity index (χ4v) is 0.984. The van der Waals surface area contributed by atoms with E-state index >= 15 is 0 Å². The van der Waals surface area contributed by atoms with Crippen molar-refractivity contribution in [2.75, 3.05) is 26.3 Å². The highest BCUT2D eigenvalue weighted by atomic mass is 16.7. The third-order valence-corrected chi connectivity index (χ3v) is 1.42. The molecule has 1 saturated heterocycles. The highest BCUT2D eigenvalue weighted by Gasteiger charge is 2.10. The van der Waals surface area contributed by atoms with Gasteiger partial charge in [0.1, 0.15) is 6.61 Å². The smallest absolute Gasteiger partial charge is 0.108 e. The summed E-state index contributed by atoms with van der Waals surface area (Å²) in [5.74, 6) is 0. The largest absolute Gasteiger partial charge is 0.296 e. The Balaban J connectivity index is 1.98. The predicted octanol–water partition coefficient (Wildman–Crippen LogP) is 0.444. The molecule has 0 atom stereocenters. The number of nitrogens with zero attached hydrogens (tertiary/aromatic N) is 1. The summed E-state index contributed by atoms with van der Waals surface area (Å²) in [7, 11) is 0. The normalized spacial score (nSPS) is 21.0. The molecule has 1 heterocycles. The van der Waals surface area contributed by atoms with Crippen LogP contribution < -0.4 is 0 Å². The van der Waals surface area contributed by atoms with E-state index in [1.807, 2.05) is 5.06 Å². The van der Waals surface area contributed by atoms with Gasteiger partial charge in [0.15, 0.2) is 0 Å². The maximum Gasteiger partial charge on any atom is 0.108 e. The van der Waals surface area contributed by atoms with Crippen LogP contribution in [0.5, 0.6) is 0 Å². The fraction of sp³-hybridized carbons (Fsp3) is 1.00. The minimum absolute atomic E-state index is 0.128. The van der Waals surface area contributed by atoms with Crippen LogP contribution in [0.15, 0.2) is 0 Å². The standard InChI is InChI=1S/C6H12NO2/c8-5-6-9-7-3-1-2-4-7/h1-6H2. The molecule has 0 bridgehead atoms. The Morgan fingerprint density at radius 2 is 2.00 bits per heavy atom. The van der Waals surface area contributed by atoms with E-state index in [1.54, 1.807) is 0 Å². The van der Waals surface area contributed by atoms with E-state index in [0.717, 1.165) is 13.1 Å². The van der Waals surface area contributed by atoms with Gasteiger partial charge in [-0.3, -0.25) is 4.84 Å². The number of hydrogen-bond donors (Lipinski definition) is 0. The molecule has 0 aromatic rings. The van der Waals surface area contributed by atoms with Crippen LogP contribution in [0.4, 0.5) is 0 Å². The Morgan fingerprint density at radius 3 is 2.56 bits per heavy atom.